The number of phenols is 1. The SMILES string of the molecule is O=C(CC(=NCc1ccccc1)c1ccccc1O)c1ccco1. The summed E-state index contributed by atoms with van der Waals surface area (Å²) in [6.07, 6.45) is 1.53. The highest BCUT2D eigenvalue weighted by Gasteiger charge is 2.16. The van der Waals surface area contributed by atoms with Crippen LogP contribution in [0.15, 0.2) is 82.4 Å². The number of phenolic OH excluding ortho intramolecular Hbond substituents is 1. The van der Waals surface area contributed by atoms with Gasteiger partial charge in [0.05, 0.1) is 24.9 Å². The van der Waals surface area contributed by atoms with Crippen LogP contribution >= 0.6 is 0 Å². The van der Waals surface area contributed by atoms with Gasteiger partial charge in [-0.3, -0.25) is 9.79 Å². The zero-order valence-corrected chi connectivity index (χ0v) is 13.1. The molecule has 0 spiro atoms. The summed E-state index contributed by atoms with van der Waals surface area (Å²) < 4.78 is 5.16. The molecule has 0 aliphatic rings. The van der Waals surface area contributed by atoms with E-state index in [1.165, 1.54) is 6.26 Å². The third-order valence-corrected chi connectivity index (χ3v) is 3.63. The molecule has 0 atom stereocenters. The number of rotatable bonds is 6. The smallest absolute Gasteiger partial charge is 0.203 e. The van der Waals surface area contributed by atoms with E-state index < -0.39 is 0 Å². The maximum absolute atomic E-state index is 12.4. The van der Waals surface area contributed by atoms with Crippen LogP contribution in [-0.2, 0) is 6.54 Å². The van der Waals surface area contributed by atoms with Gasteiger partial charge in [-0.05, 0) is 29.8 Å². The summed E-state index contributed by atoms with van der Waals surface area (Å²) in [5, 5.41) is 10.1. The number of carbonyl (C=O) groups excluding carboxylic acids is 1. The van der Waals surface area contributed by atoms with E-state index in [9.17, 15) is 9.90 Å². The van der Waals surface area contributed by atoms with Crippen LogP contribution in [0.1, 0.15) is 28.1 Å². The Morgan fingerprint density at radius 3 is 2.42 bits per heavy atom. The Morgan fingerprint density at radius 2 is 1.71 bits per heavy atom. The molecule has 0 saturated heterocycles. The minimum atomic E-state index is -0.171. The van der Waals surface area contributed by atoms with Crippen molar-refractivity contribution in [2.45, 2.75) is 13.0 Å². The van der Waals surface area contributed by atoms with Crippen LogP contribution in [0.4, 0.5) is 0 Å². The molecule has 0 radical (unpaired) electrons. The highest BCUT2D eigenvalue weighted by molar-refractivity contribution is 6.15. The van der Waals surface area contributed by atoms with Gasteiger partial charge in [0.15, 0.2) is 5.76 Å². The summed E-state index contributed by atoms with van der Waals surface area (Å²) in [4.78, 5) is 16.9. The third-order valence-electron chi connectivity index (χ3n) is 3.63. The molecule has 0 amide bonds. The second kappa shape index (κ2) is 7.42. The van der Waals surface area contributed by atoms with Gasteiger partial charge in [0, 0.05) is 5.56 Å². The number of hydrogen-bond donors (Lipinski definition) is 1. The first-order valence-electron chi connectivity index (χ1n) is 7.66. The largest absolute Gasteiger partial charge is 0.507 e. The lowest BCUT2D eigenvalue weighted by Gasteiger charge is -2.08. The van der Waals surface area contributed by atoms with Gasteiger partial charge >= 0.3 is 0 Å². The number of furan rings is 1. The van der Waals surface area contributed by atoms with Crippen molar-refractivity contribution in [2.24, 2.45) is 4.99 Å². The standard InChI is InChI=1S/C20H17NO3/c22-18-10-5-4-9-16(18)17(13-19(23)20-11-6-12-24-20)21-14-15-7-2-1-3-8-15/h1-12,22H,13-14H2. The molecule has 1 N–H and O–H groups in total. The van der Waals surface area contributed by atoms with Crippen molar-refractivity contribution in [1.82, 2.24) is 0 Å². The lowest BCUT2D eigenvalue weighted by atomic mass is 10.0. The number of aromatic hydroxyl groups is 1. The maximum Gasteiger partial charge on any atom is 0.203 e. The number of ketones is 1. The molecule has 0 saturated carbocycles. The van der Waals surface area contributed by atoms with Gasteiger partial charge in [-0.15, -0.1) is 0 Å². The summed E-state index contributed by atoms with van der Waals surface area (Å²) in [5.74, 6) is 0.226. The Kier molecular flexibility index (Phi) is 4.87. The van der Waals surface area contributed by atoms with E-state index in [0.717, 1.165) is 5.56 Å². The predicted octanol–water partition coefficient (Wildman–Crippen LogP) is 4.25. The van der Waals surface area contributed by atoms with Crippen LogP contribution in [0.25, 0.3) is 0 Å². The van der Waals surface area contributed by atoms with Gasteiger partial charge in [0.1, 0.15) is 5.75 Å². The van der Waals surface area contributed by atoms with Crippen molar-refractivity contribution in [1.29, 1.82) is 0 Å². The number of hydrogen-bond acceptors (Lipinski definition) is 4. The second-order valence-electron chi connectivity index (χ2n) is 5.34. The number of carbonyl (C=O) groups is 1. The molecule has 0 aliphatic carbocycles. The second-order valence-corrected chi connectivity index (χ2v) is 5.34. The Morgan fingerprint density at radius 1 is 0.958 bits per heavy atom. The van der Waals surface area contributed by atoms with E-state index in [4.69, 9.17) is 4.42 Å². The molecule has 0 unspecified atom stereocenters. The molecule has 3 aromatic rings. The van der Waals surface area contributed by atoms with Crippen LogP contribution in [0.5, 0.6) is 5.75 Å². The van der Waals surface area contributed by atoms with Crippen molar-refractivity contribution in [3.05, 3.63) is 89.9 Å². The van der Waals surface area contributed by atoms with E-state index in [2.05, 4.69) is 4.99 Å². The molecule has 1 aromatic heterocycles. The van der Waals surface area contributed by atoms with E-state index in [0.29, 0.717) is 17.8 Å². The monoisotopic (exact) mass is 319 g/mol. The van der Waals surface area contributed by atoms with Gasteiger partial charge in [-0.2, -0.15) is 0 Å². The zero-order valence-electron chi connectivity index (χ0n) is 13.1. The molecule has 3 rings (SSSR count). The molecule has 4 nitrogen and oxygen atoms in total. The van der Waals surface area contributed by atoms with E-state index >= 15 is 0 Å². The van der Waals surface area contributed by atoms with E-state index in [-0.39, 0.29) is 23.7 Å². The number of benzene rings is 2. The first-order valence-corrected chi connectivity index (χ1v) is 7.66. The van der Waals surface area contributed by atoms with Gasteiger partial charge in [-0.1, -0.05) is 42.5 Å². The fourth-order valence-corrected chi connectivity index (χ4v) is 2.40. The molecular formula is C20H17NO3. The summed E-state index contributed by atoms with van der Waals surface area (Å²) in [7, 11) is 0. The first-order chi connectivity index (χ1) is 11.7. The first kappa shape index (κ1) is 15.7. The number of aliphatic imine (C=N–C) groups is 1. The zero-order chi connectivity index (χ0) is 16.8. The normalized spacial score (nSPS) is 11.4. The highest BCUT2D eigenvalue weighted by atomic mass is 16.3. The minimum Gasteiger partial charge on any atom is -0.507 e. The average Bonchev–Trinajstić information content (AvgIpc) is 3.15. The molecule has 120 valence electrons. The number of para-hydroxylation sites is 1. The summed E-state index contributed by atoms with van der Waals surface area (Å²) in [6.45, 7) is 0.440. The average molecular weight is 319 g/mol. The minimum absolute atomic E-state index is 0.0674. The Hall–Kier alpha value is -3.14. The lowest BCUT2D eigenvalue weighted by molar-refractivity contribution is 0.0974. The quantitative estimate of drug-likeness (QED) is 0.546. The molecule has 1 heterocycles. The highest BCUT2D eigenvalue weighted by Crippen LogP contribution is 2.20. The van der Waals surface area contributed by atoms with Crippen LogP contribution in [0.3, 0.4) is 0 Å². The van der Waals surface area contributed by atoms with Crippen molar-refractivity contribution in [2.75, 3.05) is 0 Å². The summed E-state index contributed by atoms with van der Waals surface area (Å²) in [6, 6.07) is 20.0. The third kappa shape index (κ3) is 3.79. The summed E-state index contributed by atoms with van der Waals surface area (Å²) >= 11 is 0. The van der Waals surface area contributed by atoms with Crippen molar-refractivity contribution >= 4 is 11.5 Å². The molecule has 4 heteroatoms. The van der Waals surface area contributed by atoms with Crippen LogP contribution < -0.4 is 0 Å². The molecular weight excluding hydrogens is 302 g/mol. The fraction of sp³-hybridized carbons (Fsp3) is 0.100. The predicted molar refractivity (Wildman–Crippen MR) is 92.4 cm³/mol. The molecule has 24 heavy (non-hydrogen) atoms. The van der Waals surface area contributed by atoms with Crippen molar-refractivity contribution in [3.8, 4) is 5.75 Å². The van der Waals surface area contributed by atoms with Gasteiger partial charge in [-0.25, -0.2) is 0 Å². The van der Waals surface area contributed by atoms with Crippen molar-refractivity contribution < 1.29 is 14.3 Å². The van der Waals surface area contributed by atoms with Crippen LogP contribution in [0.2, 0.25) is 0 Å². The molecule has 0 aliphatic heterocycles. The van der Waals surface area contributed by atoms with Gasteiger partial charge in [0.25, 0.3) is 0 Å². The molecule has 0 bridgehead atoms. The topological polar surface area (TPSA) is 62.8 Å². The molecule has 2 aromatic carbocycles. The summed E-state index contributed by atoms with van der Waals surface area (Å²) in [5.41, 5.74) is 2.14. The van der Waals surface area contributed by atoms with Crippen molar-refractivity contribution in [3.63, 3.8) is 0 Å². The fourth-order valence-electron chi connectivity index (χ4n) is 2.40. The maximum atomic E-state index is 12.4. The number of nitrogens with zero attached hydrogens (tertiary/aromatic N) is 1. The van der Waals surface area contributed by atoms with Gasteiger partial charge < -0.3 is 9.52 Å². The lowest BCUT2D eigenvalue weighted by Crippen LogP contribution is -2.10. The number of Topliss-reactive ketones (excluding diaryl/α,β-unsaturated/α-hetero) is 1. The van der Waals surface area contributed by atoms with Crippen LogP contribution in [0, 0.1) is 0 Å². The van der Waals surface area contributed by atoms with E-state index in [1.54, 1.807) is 30.3 Å². The Bertz CT molecular complexity index is 836. The Balaban J connectivity index is 1.89. The van der Waals surface area contributed by atoms with Gasteiger partial charge in [0.2, 0.25) is 5.78 Å². The van der Waals surface area contributed by atoms with E-state index in [1.807, 2.05) is 36.4 Å². The Labute approximate surface area is 140 Å². The molecule has 0 fully saturated rings. The van der Waals surface area contributed by atoms with Crippen LogP contribution in [-0.4, -0.2) is 16.6 Å².